The third-order valence-corrected chi connectivity index (χ3v) is 2.01. The lowest BCUT2D eigenvalue weighted by Crippen LogP contribution is -1.95. The molecule has 2 aromatic rings. The van der Waals surface area contributed by atoms with Crippen LogP contribution in [0.1, 0.15) is 13.8 Å². The van der Waals surface area contributed by atoms with Gasteiger partial charge in [0.05, 0.1) is 6.61 Å². The molecule has 0 fully saturated rings. The van der Waals surface area contributed by atoms with Crippen molar-refractivity contribution in [1.29, 1.82) is 0 Å². The minimum atomic E-state index is -0.211. The molecule has 0 heterocycles. The van der Waals surface area contributed by atoms with Gasteiger partial charge in [-0.05, 0) is 17.7 Å². The number of esters is 1. The van der Waals surface area contributed by atoms with E-state index in [4.69, 9.17) is 0 Å². The van der Waals surface area contributed by atoms with Crippen LogP contribution in [0.25, 0.3) is 10.8 Å². The average Bonchev–Trinajstić information content (AvgIpc) is 2.30. The smallest absolute Gasteiger partial charge is 0.302 e. The van der Waals surface area contributed by atoms with Crippen molar-refractivity contribution in [3.05, 3.63) is 48.5 Å². The summed E-state index contributed by atoms with van der Waals surface area (Å²) in [6, 6.07) is 16.7. The summed E-state index contributed by atoms with van der Waals surface area (Å²) in [5, 5.41) is 2.62. The quantitative estimate of drug-likeness (QED) is 0.721. The molecule has 0 aromatic heterocycles. The molecule has 0 radical (unpaired) electrons. The van der Waals surface area contributed by atoms with Crippen molar-refractivity contribution in [2.75, 3.05) is 6.61 Å². The molecule has 2 rings (SSSR count). The van der Waals surface area contributed by atoms with Gasteiger partial charge in [-0.25, -0.2) is 0 Å². The molecular formula is C14H17ClO2. The summed E-state index contributed by atoms with van der Waals surface area (Å²) in [7, 11) is 0. The molecule has 2 nitrogen and oxygen atoms in total. The first-order valence-corrected chi connectivity index (χ1v) is 5.31. The van der Waals surface area contributed by atoms with E-state index in [1.807, 2.05) is 0 Å². The molecule has 0 saturated heterocycles. The third-order valence-electron chi connectivity index (χ3n) is 2.01. The molecule has 0 atom stereocenters. The summed E-state index contributed by atoms with van der Waals surface area (Å²) in [6.07, 6.45) is 0. The second-order valence-corrected chi connectivity index (χ2v) is 3.27. The number of carbonyl (C=O) groups is 1. The van der Waals surface area contributed by atoms with Crippen LogP contribution in [0.3, 0.4) is 0 Å². The van der Waals surface area contributed by atoms with Crippen molar-refractivity contribution < 1.29 is 9.53 Å². The van der Waals surface area contributed by atoms with Crippen LogP contribution in [0.4, 0.5) is 0 Å². The van der Waals surface area contributed by atoms with E-state index in [-0.39, 0.29) is 18.4 Å². The maximum absolute atomic E-state index is 9.82. The molecule has 0 aliphatic rings. The lowest BCUT2D eigenvalue weighted by Gasteiger charge is -1.92. The van der Waals surface area contributed by atoms with Crippen LogP contribution in [0.2, 0.25) is 0 Å². The van der Waals surface area contributed by atoms with Crippen LogP contribution in [0, 0.1) is 0 Å². The highest BCUT2D eigenvalue weighted by Gasteiger charge is 1.85. The highest BCUT2D eigenvalue weighted by Crippen LogP contribution is 2.11. The number of rotatable bonds is 1. The minimum Gasteiger partial charge on any atom is -0.466 e. The van der Waals surface area contributed by atoms with Crippen LogP contribution in [-0.2, 0) is 9.53 Å². The fourth-order valence-corrected chi connectivity index (χ4v) is 1.34. The van der Waals surface area contributed by atoms with Crippen molar-refractivity contribution >= 4 is 29.1 Å². The zero-order valence-corrected chi connectivity index (χ0v) is 10.9. The lowest BCUT2D eigenvalue weighted by atomic mass is 10.1. The van der Waals surface area contributed by atoms with Crippen molar-refractivity contribution in [3.63, 3.8) is 0 Å². The number of hydrogen-bond acceptors (Lipinski definition) is 2. The van der Waals surface area contributed by atoms with Gasteiger partial charge in [-0.15, -0.1) is 12.4 Å². The van der Waals surface area contributed by atoms with E-state index >= 15 is 0 Å². The Morgan fingerprint density at radius 3 is 1.53 bits per heavy atom. The monoisotopic (exact) mass is 252 g/mol. The molecule has 0 aliphatic heterocycles. The maximum atomic E-state index is 9.82. The van der Waals surface area contributed by atoms with Gasteiger partial charge in [0.1, 0.15) is 0 Å². The van der Waals surface area contributed by atoms with Gasteiger partial charge < -0.3 is 4.74 Å². The highest BCUT2D eigenvalue weighted by atomic mass is 35.5. The van der Waals surface area contributed by atoms with Crippen molar-refractivity contribution in [1.82, 2.24) is 0 Å². The number of carbonyl (C=O) groups excluding carboxylic acids is 1. The first-order chi connectivity index (χ1) is 7.74. The topological polar surface area (TPSA) is 26.3 Å². The highest BCUT2D eigenvalue weighted by molar-refractivity contribution is 5.85. The van der Waals surface area contributed by atoms with Gasteiger partial charge >= 0.3 is 5.97 Å². The van der Waals surface area contributed by atoms with E-state index in [0.717, 1.165) is 0 Å². The van der Waals surface area contributed by atoms with Crippen LogP contribution in [0.15, 0.2) is 48.5 Å². The number of benzene rings is 2. The second kappa shape index (κ2) is 8.59. The summed E-state index contributed by atoms with van der Waals surface area (Å²) in [5.74, 6) is -0.211. The van der Waals surface area contributed by atoms with E-state index in [9.17, 15) is 4.79 Å². The van der Waals surface area contributed by atoms with Gasteiger partial charge in [-0.1, -0.05) is 48.5 Å². The number of halogens is 1. The predicted octanol–water partition coefficient (Wildman–Crippen LogP) is 3.83. The Morgan fingerprint density at radius 2 is 1.35 bits per heavy atom. The average molecular weight is 253 g/mol. The maximum Gasteiger partial charge on any atom is 0.302 e. The molecule has 3 heteroatoms. The first-order valence-electron chi connectivity index (χ1n) is 5.31. The summed E-state index contributed by atoms with van der Waals surface area (Å²) in [6.45, 7) is 3.65. The van der Waals surface area contributed by atoms with Gasteiger partial charge in [0.15, 0.2) is 0 Å². The van der Waals surface area contributed by atoms with Crippen LogP contribution in [0.5, 0.6) is 0 Å². The van der Waals surface area contributed by atoms with Crippen LogP contribution in [-0.4, -0.2) is 12.6 Å². The van der Waals surface area contributed by atoms with Crippen LogP contribution >= 0.6 is 12.4 Å². The Bertz CT molecular complexity index is 389. The predicted molar refractivity (Wildman–Crippen MR) is 73.5 cm³/mol. The molecule has 0 amide bonds. The fourth-order valence-electron chi connectivity index (χ4n) is 1.34. The normalized spacial score (nSPS) is 8.59. The molecule has 17 heavy (non-hydrogen) atoms. The Labute approximate surface area is 108 Å². The van der Waals surface area contributed by atoms with E-state index in [2.05, 4.69) is 53.3 Å². The molecule has 0 saturated carbocycles. The van der Waals surface area contributed by atoms with Crippen LogP contribution < -0.4 is 0 Å². The standard InChI is InChI=1S/C10H8.C4H8O2.ClH/c1-2-6-10-8-4-3-7-9(10)5-1;1-3-6-4(2)5;/h1-8H;3H2,1-2H3;1H. The van der Waals surface area contributed by atoms with Gasteiger partial charge in [-0.2, -0.15) is 0 Å². The Hall–Kier alpha value is -1.54. The molecule has 0 N–H and O–H groups in total. The zero-order chi connectivity index (χ0) is 11.8. The summed E-state index contributed by atoms with van der Waals surface area (Å²) in [4.78, 5) is 9.82. The molecule has 0 aliphatic carbocycles. The number of hydrogen-bond donors (Lipinski definition) is 0. The first kappa shape index (κ1) is 15.5. The van der Waals surface area contributed by atoms with Crippen molar-refractivity contribution in [2.24, 2.45) is 0 Å². The SMILES string of the molecule is CCOC(C)=O.Cl.c1ccc2ccccc2c1. The van der Waals surface area contributed by atoms with Gasteiger partial charge in [0.2, 0.25) is 0 Å². The molecule has 92 valence electrons. The Balaban J connectivity index is 0.000000324. The third kappa shape index (κ3) is 5.93. The van der Waals surface area contributed by atoms with E-state index in [0.29, 0.717) is 6.61 Å². The summed E-state index contributed by atoms with van der Waals surface area (Å²) < 4.78 is 4.40. The molecule has 0 bridgehead atoms. The van der Waals surface area contributed by atoms with Gasteiger partial charge in [0.25, 0.3) is 0 Å². The van der Waals surface area contributed by atoms with Gasteiger partial charge in [0, 0.05) is 6.92 Å². The minimum absolute atomic E-state index is 0. The van der Waals surface area contributed by atoms with Gasteiger partial charge in [-0.3, -0.25) is 4.79 Å². The summed E-state index contributed by atoms with van der Waals surface area (Å²) in [5.41, 5.74) is 0. The number of fused-ring (bicyclic) bond motifs is 1. The molecule has 0 spiro atoms. The molecule has 0 unspecified atom stereocenters. The van der Waals surface area contributed by atoms with E-state index < -0.39 is 0 Å². The van der Waals surface area contributed by atoms with Crippen molar-refractivity contribution in [3.8, 4) is 0 Å². The molecule has 2 aromatic carbocycles. The zero-order valence-electron chi connectivity index (χ0n) is 10.1. The molecular weight excluding hydrogens is 236 g/mol. The Morgan fingerprint density at radius 1 is 1.00 bits per heavy atom. The lowest BCUT2D eigenvalue weighted by molar-refractivity contribution is -0.140. The second-order valence-electron chi connectivity index (χ2n) is 3.27. The largest absolute Gasteiger partial charge is 0.466 e. The number of ether oxygens (including phenoxy) is 1. The van der Waals surface area contributed by atoms with E-state index in [1.54, 1.807) is 6.92 Å². The van der Waals surface area contributed by atoms with Crippen molar-refractivity contribution in [2.45, 2.75) is 13.8 Å². The van der Waals surface area contributed by atoms with E-state index in [1.165, 1.54) is 17.7 Å². The summed E-state index contributed by atoms with van der Waals surface area (Å²) >= 11 is 0. The fraction of sp³-hybridized carbons (Fsp3) is 0.214. The Kier molecular flexibility index (Phi) is 7.82.